The molecule has 3 atom stereocenters. The highest BCUT2D eigenvalue weighted by Crippen LogP contribution is 2.60. The Hall–Kier alpha value is -1.51. The highest BCUT2D eigenvalue weighted by molar-refractivity contribution is 5.88. The van der Waals surface area contributed by atoms with Crippen molar-refractivity contribution in [2.45, 2.75) is 50.5 Å². The van der Waals surface area contributed by atoms with E-state index in [4.69, 9.17) is 9.47 Å². The maximum absolute atomic E-state index is 12.4. The molecule has 0 amide bonds. The highest BCUT2D eigenvalue weighted by Gasteiger charge is 2.60. The van der Waals surface area contributed by atoms with Gasteiger partial charge in [-0.15, -0.1) is 0 Å². The van der Waals surface area contributed by atoms with Crippen LogP contribution in [0.1, 0.15) is 43.7 Å². The molecule has 0 spiro atoms. The molecule has 0 bridgehead atoms. The van der Waals surface area contributed by atoms with Gasteiger partial charge in [0.05, 0.1) is 7.11 Å². The lowest BCUT2D eigenvalue weighted by atomic mass is 9.55. The number of Topliss-reactive ketones (excluding diaryl/α,β-unsaturated/α-hetero) is 1. The number of hydrogen-bond acceptors (Lipinski definition) is 3. The van der Waals surface area contributed by atoms with E-state index in [2.05, 4.69) is 13.0 Å². The zero-order valence-corrected chi connectivity index (χ0v) is 12.1. The quantitative estimate of drug-likeness (QED) is 0.830. The normalized spacial score (nSPS) is 33.6. The maximum atomic E-state index is 12.4. The number of methoxy groups -OCH3 is 1. The summed E-state index contributed by atoms with van der Waals surface area (Å²) in [4.78, 5) is 12.4. The van der Waals surface area contributed by atoms with Crippen LogP contribution in [0.2, 0.25) is 0 Å². The molecule has 2 aliphatic carbocycles. The fraction of sp³-hybridized carbons (Fsp3) is 0.588. The number of ether oxygens (including phenoxy) is 2. The van der Waals surface area contributed by atoms with Crippen LogP contribution in [-0.4, -0.2) is 19.0 Å². The smallest absolute Gasteiger partial charge is 0.174 e. The molecular formula is C17H20O3. The van der Waals surface area contributed by atoms with Gasteiger partial charge in [-0.05, 0) is 43.2 Å². The first-order valence-corrected chi connectivity index (χ1v) is 7.62. The van der Waals surface area contributed by atoms with Crippen molar-refractivity contribution in [2.24, 2.45) is 5.92 Å². The van der Waals surface area contributed by atoms with Crippen molar-refractivity contribution < 1.29 is 14.3 Å². The van der Waals surface area contributed by atoms with Crippen molar-refractivity contribution in [3.63, 3.8) is 0 Å². The molecule has 0 radical (unpaired) electrons. The van der Waals surface area contributed by atoms with E-state index in [-0.39, 0.29) is 17.3 Å². The third kappa shape index (κ3) is 1.24. The van der Waals surface area contributed by atoms with Gasteiger partial charge in [-0.2, -0.15) is 0 Å². The first-order valence-electron chi connectivity index (χ1n) is 7.62. The molecule has 4 rings (SSSR count). The molecule has 0 saturated heterocycles. The summed E-state index contributed by atoms with van der Waals surface area (Å²) in [5, 5.41) is 0. The Morgan fingerprint density at radius 3 is 2.90 bits per heavy atom. The lowest BCUT2D eigenvalue weighted by molar-refractivity contribution is -0.133. The number of benzene rings is 1. The Balaban J connectivity index is 2.01. The zero-order valence-electron chi connectivity index (χ0n) is 12.1. The maximum Gasteiger partial charge on any atom is 0.174 e. The zero-order chi connectivity index (χ0) is 13.9. The van der Waals surface area contributed by atoms with Crippen LogP contribution in [0.15, 0.2) is 12.1 Å². The molecule has 0 aromatic heterocycles. The van der Waals surface area contributed by atoms with Crippen molar-refractivity contribution in [3.8, 4) is 11.5 Å². The molecule has 3 aliphatic rings. The Morgan fingerprint density at radius 2 is 2.15 bits per heavy atom. The van der Waals surface area contributed by atoms with Crippen LogP contribution in [0.4, 0.5) is 0 Å². The van der Waals surface area contributed by atoms with E-state index < -0.39 is 0 Å². The minimum absolute atomic E-state index is 0.0905. The number of hydrogen-bond donors (Lipinski definition) is 0. The lowest BCUT2D eigenvalue weighted by Crippen LogP contribution is -2.53. The summed E-state index contributed by atoms with van der Waals surface area (Å²) in [5.74, 6) is 2.47. The largest absolute Gasteiger partial charge is 0.493 e. The third-order valence-electron chi connectivity index (χ3n) is 5.70. The van der Waals surface area contributed by atoms with Crippen LogP contribution in [0.3, 0.4) is 0 Å². The van der Waals surface area contributed by atoms with E-state index in [1.807, 2.05) is 6.07 Å². The second kappa shape index (κ2) is 4.00. The standard InChI is InChI=1S/C17H20O3/c1-3-17-11-6-4-10-5-9-13(19-2)15(14(10)17)20-16(17)12(18)8-7-11/h5,9,11,16H,3-4,6-8H2,1-2H3/t11?,16-,17-/m0/s1. The van der Waals surface area contributed by atoms with Gasteiger partial charge in [0.1, 0.15) is 0 Å². The molecule has 1 aromatic rings. The van der Waals surface area contributed by atoms with Crippen LogP contribution in [0.5, 0.6) is 11.5 Å². The Bertz CT molecular complexity index is 592. The molecule has 3 heteroatoms. The molecular weight excluding hydrogens is 252 g/mol. The monoisotopic (exact) mass is 272 g/mol. The SMILES string of the molecule is CC[C@]12c3c4ccc(OC)c3O[C@H]1C(=O)CCC2CC4. The van der Waals surface area contributed by atoms with Crippen molar-refractivity contribution in [2.75, 3.05) is 7.11 Å². The highest BCUT2D eigenvalue weighted by atomic mass is 16.5. The van der Waals surface area contributed by atoms with Crippen LogP contribution in [0, 0.1) is 5.92 Å². The van der Waals surface area contributed by atoms with Gasteiger partial charge in [0, 0.05) is 17.4 Å². The van der Waals surface area contributed by atoms with E-state index in [1.165, 1.54) is 17.5 Å². The molecule has 1 fully saturated rings. The number of carbonyl (C=O) groups excluding carboxylic acids is 1. The Kier molecular flexibility index (Phi) is 2.45. The van der Waals surface area contributed by atoms with Crippen molar-refractivity contribution in [1.82, 2.24) is 0 Å². The number of ketones is 1. The Labute approximate surface area is 119 Å². The van der Waals surface area contributed by atoms with E-state index in [9.17, 15) is 4.79 Å². The average molecular weight is 272 g/mol. The predicted molar refractivity (Wildman–Crippen MR) is 75.4 cm³/mol. The van der Waals surface area contributed by atoms with Gasteiger partial charge < -0.3 is 9.47 Å². The second-order valence-electron chi connectivity index (χ2n) is 6.26. The fourth-order valence-electron chi connectivity index (χ4n) is 4.81. The minimum atomic E-state index is -0.281. The molecule has 1 heterocycles. The molecule has 1 aromatic carbocycles. The van der Waals surface area contributed by atoms with Gasteiger partial charge in [0.15, 0.2) is 23.4 Å². The summed E-state index contributed by atoms with van der Waals surface area (Å²) in [6.45, 7) is 2.20. The van der Waals surface area contributed by atoms with E-state index in [0.717, 1.165) is 30.8 Å². The summed E-state index contributed by atoms with van der Waals surface area (Å²) < 4.78 is 11.6. The number of aryl methyl sites for hydroxylation is 1. The number of carbonyl (C=O) groups is 1. The van der Waals surface area contributed by atoms with E-state index in [1.54, 1.807) is 7.11 Å². The third-order valence-corrected chi connectivity index (χ3v) is 5.70. The summed E-state index contributed by atoms with van der Waals surface area (Å²) in [6, 6.07) is 4.15. The lowest BCUT2D eigenvalue weighted by Gasteiger charge is -2.46. The van der Waals surface area contributed by atoms with Crippen LogP contribution in [0.25, 0.3) is 0 Å². The summed E-state index contributed by atoms with van der Waals surface area (Å²) in [7, 11) is 1.67. The molecule has 1 saturated carbocycles. The summed E-state index contributed by atoms with van der Waals surface area (Å²) in [5.41, 5.74) is 2.55. The molecule has 106 valence electrons. The van der Waals surface area contributed by atoms with E-state index >= 15 is 0 Å². The van der Waals surface area contributed by atoms with Crippen molar-refractivity contribution in [3.05, 3.63) is 23.3 Å². The topological polar surface area (TPSA) is 35.5 Å². The van der Waals surface area contributed by atoms with E-state index in [0.29, 0.717) is 12.3 Å². The first kappa shape index (κ1) is 12.2. The summed E-state index contributed by atoms with van der Waals surface area (Å²) in [6.07, 6.45) is 4.66. The molecule has 3 nitrogen and oxygen atoms in total. The molecule has 1 unspecified atom stereocenters. The molecule has 0 N–H and O–H groups in total. The second-order valence-corrected chi connectivity index (χ2v) is 6.26. The van der Waals surface area contributed by atoms with Crippen molar-refractivity contribution >= 4 is 5.78 Å². The number of rotatable bonds is 2. The summed E-state index contributed by atoms with van der Waals surface area (Å²) >= 11 is 0. The van der Waals surface area contributed by atoms with Gasteiger partial charge in [0.2, 0.25) is 0 Å². The minimum Gasteiger partial charge on any atom is -0.493 e. The van der Waals surface area contributed by atoms with Crippen LogP contribution in [-0.2, 0) is 16.6 Å². The molecule has 20 heavy (non-hydrogen) atoms. The van der Waals surface area contributed by atoms with Gasteiger partial charge in [-0.25, -0.2) is 0 Å². The predicted octanol–water partition coefficient (Wildman–Crippen LogP) is 3.03. The fourth-order valence-corrected chi connectivity index (χ4v) is 4.81. The van der Waals surface area contributed by atoms with Gasteiger partial charge in [0.25, 0.3) is 0 Å². The first-order chi connectivity index (χ1) is 9.72. The average Bonchev–Trinajstić information content (AvgIpc) is 2.85. The van der Waals surface area contributed by atoms with Crippen molar-refractivity contribution in [1.29, 1.82) is 0 Å². The van der Waals surface area contributed by atoms with Crippen LogP contribution >= 0.6 is 0 Å². The van der Waals surface area contributed by atoms with Gasteiger partial charge in [-0.3, -0.25) is 4.79 Å². The van der Waals surface area contributed by atoms with Crippen LogP contribution < -0.4 is 9.47 Å². The van der Waals surface area contributed by atoms with Gasteiger partial charge >= 0.3 is 0 Å². The Morgan fingerprint density at radius 1 is 1.35 bits per heavy atom. The molecule has 1 aliphatic heterocycles. The van der Waals surface area contributed by atoms with Gasteiger partial charge in [-0.1, -0.05) is 13.0 Å².